The molecule has 1 aromatic carbocycles. The number of carbonyl (C=O) groups is 2. The van der Waals surface area contributed by atoms with Crippen molar-refractivity contribution in [2.45, 2.75) is 25.4 Å². The van der Waals surface area contributed by atoms with Crippen LogP contribution in [0.5, 0.6) is 5.75 Å². The second-order valence-corrected chi connectivity index (χ2v) is 6.49. The van der Waals surface area contributed by atoms with Crippen molar-refractivity contribution in [2.75, 3.05) is 13.2 Å². The highest BCUT2D eigenvalue weighted by Crippen LogP contribution is 2.32. The summed E-state index contributed by atoms with van der Waals surface area (Å²) in [5, 5.41) is 3.10. The molecule has 0 saturated carbocycles. The number of ether oxygens (including phenoxy) is 1. The van der Waals surface area contributed by atoms with E-state index in [9.17, 15) is 9.59 Å². The van der Waals surface area contributed by atoms with Gasteiger partial charge in [-0.1, -0.05) is 18.2 Å². The highest BCUT2D eigenvalue weighted by Gasteiger charge is 2.36. The van der Waals surface area contributed by atoms with E-state index < -0.39 is 0 Å². The molecule has 0 bridgehead atoms. The number of nitrogens with one attached hydrogen (secondary N) is 1. The Kier molecular flexibility index (Phi) is 4.17. The first kappa shape index (κ1) is 15.7. The van der Waals surface area contributed by atoms with Crippen LogP contribution in [0.15, 0.2) is 47.1 Å². The maximum absolute atomic E-state index is 12.7. The normalized spacial score (nSPS) is 22.4. The zero-order chi connectivity index (χ0) is 17.2. The van der Waals surface area contributed by atoms with Gasteiger partial charge in [-0.05, 0) is 18.2 Å². The first-order chi connectivity index (χ1) is 12.2. The van der Waals surface area contributed by atoms with Gasteiger partial charge >= 0.3 is 0 Å². The van der Waals surface area contributed by atoms with Crippen LogP contribution in [0, 0.1) is 5.92 Å². The molecule has 6 nitrogen and oxygen atoms in total. The molecule has 1 N–H and O–H groups in total. The Bertz CT molecular complexity index is 771. The highest BCUT2D eigenvalue weighted by molar-refractivity contribution is 5.89. The minimum Gasteiger partial charge on any atom is -0.493 e. The van der Waals surface area contributed by atoms with Crippen molar-refractivity contribution >= 4 is 11.8 Å². The smallest absolute Gasteiger partial charge is 0.225 e. The number of carbonyl (C=O) groups excluding carboxylic acids is 2. The van der Waals surface area contributed by atoms with Crippen molar-refractivity contribution < 1.29 is 18.7 Å². The van der Waals surface area contributed by atoms with E-state index in [4.69, 9.17) is 9.15 Å². The molecule has 0 aliphatic carbocycles. The van der Waals surface area contributed by atoms with Crippen LogP contribution in [0.4, 0.5) is 0 Å². The molecule has 4 rings (SSSR count). The predicted molar refractivity (Wildman–Crippen MR) is 89.7 cm³/mol. The average Bonchev–Trinajstić information content (AvgIpc) is 3.26. The molecule has 3 heterocycles. The van der Waals surface area contributed by atoms with E-state index in [0.717, 1.165) is 23.5 Å². The van der Waals surface area contributed by atoms with Crippen molar-refractivity contribution in [3.8, 4) is 5.75 Å². The van der Waals surface area contributed by atoms with Gasteiger partial charge in [0.2, 0.25) is 11.8 Å². The van der Waals surface area contributed by atoms with E-state index >= 15 is 0 Å². The van der Waals surface area contributed by atoms with E-state index in [1.165, 1.54) is 0 Å². The largest absolute Gasteiger partial charge is 0.493 e. The third kappa shape index (κ3) is 3.24. The van der Waals surface area contributed by atoms with Crippen molar-refractivity contribution in [1.29, 1.82) is 0 Å². The molecule has 2 atom stereocenters. The lowest BCUT2D eigenvalue weighted by Gasteiger charge is -2.27. The molecule has 2 aromatic rings. The Morgan fingerprint density at radius 3 is 2.96 bits per heavy atom. The maximum atomic E-state index is 12.7. The number of furan rings is 1. The summed E-state index contributed by atoms with van der Waals surface area (Å²) in [5.74, 6) is 1.15. The molecule has 0 spiro atoms. The molecule has 2 aliphatic heterocycles. The fraction of sp³-hybridized carbons (Fsp3) is 0.368. The van der Waals surface area contributed by atoms with Gasteiger partial charge in [-0.2, -0.15) is 0 Å². The molecular weight excluding hydrogens is 320 g/mol. The van der Waals surface area contributed by atoms with E-state index in [1.54, 1.807) is 17.2 Å². The third-order valence-electron chi connectivity index (χ3n) is 4.79. The molecule has 0 radical (unpaired) electrons. The van der Waals surface area contributed by atoms with Gasteiger partial charge in [-0.15, -0.1) is 0 Å². The second kappa shape index (κ2) is 6.63. The van der Waals surface area contributed by atoms with Gasteiger partial charge in [0.15, 0.2) is 0 Å². The van der Waals surface area contributed by atoms with Gasteiger partial charge in [0, 0.05) is 24.9 Å². The number of hydrogen-bond acceptors (Lipinski definition) is 4. The summed E-state index contributed by atoms with van der Waals surface area (Å²) in [7, 11) is 0. The van der Waals surface area contributed by atoms with Crippen LogP contribution in [0.25, 0.3) is 0 Å². The van der Waals surface area contributed by atoms with E-state index in [0.29, 0.717) is 19.7 Å². The lowest BCUT2D eigenvalue weighted by molar-refractivity contribution is -0.129. The summed E-state index contributed by atoms with van der Waals surface area (Å²) in [5.41, 5.74) is 0.999. The van der Waals surface area contributed by atoms with Gasteiger partial charge in [0.1, 0.15) is 11.5 Å². The van der Waals surface area contributed by atoms with Crippen LogP contribution in [0.2, 0.25) is 0 Å². The maximum Gasteiger partial charge on any atom is 0.225 e. The summed E-state index contributed by atoms with van der Waals surface area (Å²) in [6, 6.07) is 11.3. The summed E-state index contributed by atoms with van der Waals surface area (Å²) >= 11 is 0. The SMILES string of the molecule is O=C(N[C@H]1CCOc2ccccc21)[C@@H]1CC(=O)N(Cc2ccco2)C1. The molecule has 130 valence electrons. The van der Waals surface area contributed by atoms with Crippen molar-refractivity contribution in [1.82, 2.24) is 10.2 Å². The molecule has 1 fully saturated rings. The average molecular weight is 340 g/mol. The summed E-state index contributed by atoms with van der Waals surface area (Å²) in [4.78, 5) is 26.5. The fourth-order valence-electron chi connectivity index (χ4n) is 3.47. The first-order valence-electron chi connectivity index (χ1n) is 8.53. The minimum atomic E-state index is -0.322. The van der Waals surface area contributed by atoms with Gasteiger partial charge in [0.25, 0.3) is 0 Å². The predicted octanol–water partition coefficient (Wildman–Crippen LogP) is 2.27. The molecular formula is C19H20N2O4. The zero-order valence-corrected chi connectivity index (χ0v) is 13.8. The molecule has 6 heteroatoms. The second-order valence-electron chi connectivity index (χ2n) is 6.49. The van der Waals surface area contributed by atoms with Crippen LogP contribution in [0.3, 0.4) is 0 Å². The topological polar surface area (TPSA) is 71.8 Å². The molecule has 0 unspecified atom stereocenters. The number of amides is 2. The molecule has 1 aromatic heterocycles. The molecule has 1 saturated heterocycles. The number of rotatable bonds is 4. The third-order valence-corrected chi connectivity index (χ3v) is 4.79. The van der Waals surface area contributed by atoms with E-state index in [1.807, 2.05) is 30.3 Å². The van der Waals surface area contributed by atoms with Crippen LogP contribution in [-0.4, -0.2) is 29.9 Å². The molecule has 2 aliphatic rings. The Labute approximate surface area is 145 Å². The number of para-hydroxylation sites is 1. The molecule has 25 heavy (non-hydrogen) atoms. The van der Waals surface area contributed by atoms with E-state index in [2.05, 4.69) is 5.32 Å². The van der Waals surface area contributed by atoms with Gasteiger partial charge in [0.05, 0.1) is 31.4 Å². The Balaban J connectivity index is 1.40. The molecule has 2 amide bonds. The number of benzene rings is 1. The van der Waals surface area contributed by atoms with Crippen LogP contribution < -0.4 is 10.1 Å². The van der Waals surface area contributed by atoms with Crippen molar-refractivity contribution in [3.05, 3.63) is 54.0 Å². The van der Waals surface area contributed by atoms with Gasteiger partial charge in [-0.25, -0.2) is 0 Å². The number of hydrogen-bond donors (Lipinski definition) is 1. The zero-order valence-electron chi connectivity index (χ0n) is 13.8. The standard InChI is InChI=1S/C19H20N2O4/c22-18-10-13(11-21(18)12-14-4-3-8-24-14)19(23)20-16-7-9-25-17-6-2-1-5-15(16)17/h1-6,8,13,16H,7,9-12H2,(H,20,23)/t13-,16+/m1/s1. The first-order valence-corrected chi connectivity index (χ1v) is 8.53. The van der Waals surface area contributed by atoms with Crippen LogP contribution in [-0.2, 0) is 16.1 Å². The Hall–Kier alpha value is -2.76. The van der Waals surface area contributed by atoms with E-state index in [-0.39, 0.29) is 30.2 Å². The monoisotopic (exact) mass is 340 g/mol. The number of fused-ring (bicyclic) bond motifs is 1. The number of likely N-dealkylation sites (tertiary alicyclic amines) is 1. The van der Waals surface area contributed by atoms with Crippen molar-refractivity contribution in [2.24, 2.45) is 5.92 Å². The lowest BCUT2D eigenvalue weighted by Crippen LogP contribution is -2.37. The fourth-order valence-corrected chi connectivity index (χ4v) is 3.47. The summed E-state index contributed by atoms with van der Waals surface area (Å²) in [6.45, 7) is 1.42. The van der Waals surface area contributed by atoms with Gasteiger partial charge in [-0.3, -0.25) is 9.59 Å². The van der Waals surface area contributed by atoms with Gasteiger partial charge < -0.3 is 19.4 Å². The quantitative estimate of drug-likeness (QED) is 0.927. The summed E-state index contributed by atoms with van der Waals surface area (Å²) < 4.78 is 10.9. The highest BCUT2D eigenvalue weighted by atomic mass is 16.5. The Morgan fingerprint density at radius 2 is 2.12 bits per heavy atom. The minimum absolute atomic E-state index is 0.0103. The van der Waals surface area contributed by atoms with Crippen molar-refractivity contribution in [3.63, 3.8) is 0 Å². The Morgan fingerprint density at radius 1 is 1.24 bits per heavy atom. The van der Waals surface area contributed by atoms with Crippen LogP contribution in [0.1, 0.15) is 30.2 Å². The summed E-state index contributed by atoms with van der Waals surface area (Å²) in [6.07, 6.45) is 2.57. The lowest BCUT2D eigenvalue weighted by atomic mass is 9.99. The van der Waals surface area contributed by atoms with Crippen LogP contribution >= 0.6 is 0 Å². The number of nitrogens with zero attached hydrogens (tertiary/aromatic N) is 1.